The molecule has 0 amide bonds. The summed E-state index contributed by atoms with van der Waals surface area (Å²) in [6, 6.07) is 11.8. The standard InChI is InChI=1S/C13H12N2O4S2/c14-10-6-8(13(16)17)7-11(15-21(18)19)12(10)20-9-4-2-1-3-5-9/h1-7,21H,14H2,(H,16,17)(H,15,18,19). The molecular weight excluding hydrogens is 312 g/mol. The van der Waals surface area contributed by atoms with Crippen molar-refractivity contribution in [3.8, 4) is 0 Å². The average Bonchev–Trinajstić information content (AvgIpc) is 2.42. The predicted molar refractivity (Wildman–Crippen MR) is 82.3 cm³/mol. The van der Waals surface area contributed by atoms with Crippen molar-refractivity contribution >= 4 is 40.0 Å². The van der Waals surface area contributed by atoms with Crippen molar-refractivity contribution in [1.29, 1.82) is 0 Å². The molecule has 0 aromatic heterocycles. The predicted octanol–water partition coefficient (Wildman–Crippen LogP) is 2.06. The van der Waals surface area contributed by atoms with Gasteiger partial charge in [0.2, 0.25) is 10.9 Å². The first kappa shape index (κ1) is 15.2. The second kappa shape index (κ2) is 6.51. The van der Waals surface area contributed by atoms with Crippen molar-refractivity contribution in [2.75, 3.05) is 10.5 Å². The zero-order chi connectivity index (χ0) is 15.4. The molecule has 6 nitrogen and oxygen atoms in total. The molecule has 21 heavy (non-hydrogen) atoms. The maximum atomic E-state index is 11.0. The van der Waals surface area contributed by atoms with Gasteiger partial charge in [-0.2, -0.15) is 0 Å². The summed E-state index contributed by atoms with van der Waals surface area (Å²) in [6.45, 7) is 0. The number of aromatic carboxylic acids is 1. The topological polar surface area (TPSA) is 109 Å². The van der Waals surface area contributed by atoms with E-state index in [-0.39, 0.29) is 16.9 Å². The summed E-state index contributed by atoms with van der Waals surface area (Å²) in [7, 11) is -2.92. The highest BCUT2D eigenvalue weighted by Gasteiger charge is 2.14. The van der Waals surface area contributed by atoms with Gasteiger partial charge in [0.15, 0.2) is 0 Å². The van der Waals surface area contributed by atoms with Crippen molar-refractivity contribution in [3.05, 3.63) is 48.0 Å². The van der Waals surface area contributed by atoms with Crippen LogP contribution in [0.5, 0.6) is 0 Å². The highest BCUT2D eigenvalue weighted by Crippen LogP contribution is 2.38. The van der Waals surface area contributed by atoms with E-state index in [1.807, 2.05) is 30.3 Å². The lowest BCUT2D eigenvalue weighted by atomic mass is 10.2. The molecule has 0 fully saturated rings. The first-order chi connectivity index (χ1) is 9.97. The van der Waals surface area contributed by atoms with Crippen LogP contribution in [0.25, 0.3) is 0 Å². The smallest absolute Gasteiger partial charge is 0.335 e. The normalized spacial score (nSPS) is 10.5. The SMILES string of the molecule is Nc1cc(C(=O)O)cc(N[SH](=O)=O)c1Sc1ccccc1. The van der Waals surface area contributed by atoms with Crippen LogP contribution in [0.2, 0.25) is 0 Å². The minimum Gasteiger partial charge on any atom is -0.478 e. The van der Waals surface area contributed by atoms with E-state index in [0.717, 1.165) is 4.90 Å². The Labute approximate surface area is 127 Å². The Kier molecular flexibility index (Phi) is 4.71. The van der Waals surface area contributed by atoms with Crippen molar-refractivity contribution in [2.45, 2.75) is 9.79 Å². The highest BCUT2D eigenvalue weighted by atomic mass is 32.2. The van der Waals surface area contributed by atoms with E-state index in [1.165, 1.54) is 23.9 Å². The fraction of sp³-hybridized carbons (Fsp3) is 0. The van der Waals surface area contributed by atoms with Crippen LogP contribution in [-0.4, -0.2) is 19.5 Å². The van der Waals surface area contributed by atoms with Gasteiger partial charge in [-0.3, -0.25) is 4.72 Å². The fourth-order valence-corrected chi connectivity index (χ4v) is 3.05. The van der Waals surface area contributed by atoms with Crippen LogP contribution in [0, 0.1) is 0 Å². The van der Waals surface area contributed by atoms with Gasteiger partial charge in [-0.05, 0) is 24.3 Å². The summed E-state index contributed by atoms with van der Waals surface area (Å²) in [5.74, 6) is -1.18. The molecule has 110 valence electrons. The van der Waals surface area contributed by atoms with Gasteiger partial charge in [0, 0.05) is 10.6 Å². The van der Waals surface area contributed by atoms with Gasteiger partial charge in [-0.25, -0.2) is 13.2 Å². The number of nitrogens with one attached hydrogen (secondary N) is 1. The molecule has 0 atom stereocenters. The number of nitrogen functional groups attached to an aromatic ring is 1. The van der Waals surface area contributed by atoms with Crippen LogP contribution in [0.3, 0.4) is 0 Å². The lowest BCUT2D eigenvalue weighted by Gasteiger charge is -2.12. The maximum Gasteiger partial charge on any atom is 0.335 e. The van der Waals surface area contributed by atoms with Crippen molar-refractivity contribution in [3.63, 3.8) is 0 Å². The molecule has 8 heteroatoms. The summed E-state index contributed by atoms with van der Waals surface area (Å²) in [6.07, 6.45) is 0. The highest BCUT2D eigenvalue weighted by molar-refractivity contribution is 7.99. The van der Waals surface area contributed by atoms with E-state index in [1.54, 1.807) is 0 Å². The minimum absolute atomic E-state index is 0.0794. The quantitative estimate of drug-likeness (QED) is 0.495. The van der Waals surface area contributed by atoms with Gasteiger partial charge < -0.3 is 10.8 Å². The number of nitrogens with two attached hydrogens (primary N) is 1. The Morgan fingerprint density at radius 2 is 1.86 bits per heavy atom. The molecule has 4 N–H and O–H groups in total. The summed E-state index contributed by atoms with van der Waals surface area (Å²) < 4.78 is 24.0. The molecule has 0 saturated heterocycles. The van der Waals surface area contributed by atoms with E-state index >= 15 is 0 Å². The van der Waals surface area contributed by atoms with E-state index in [2.05, 4.69) is 4.72 Å². The molecule has 0 saturated carbocycles. The average molecular weight is 324 g/mol. The van der Waals surface area contributed by atoms with Crippen LogP contribution in [0.1, 0.15) is 10.4 Å². The fourth-order valence-electron chi connectivity index (χ4n) is 1.68. The zero-order valence-electron chi connectivity index (χ0n) is 10.6. The molecule has 2 aromatic carbocycles. The molecule has 0 aliphatic carbocycles. The van der Waals surface area contributed by atoms with Crippen LogP contribution in [0.15, 0.2) is 52.3 Å². The summed E-state index contributed by atoms with van der Waals surface area (Å²) in [5, 5.41) is 9.01. The third kappa shape index (κ3) is 3.89. The lowest BCUT2D eigenvalue weighted by Crippen LogP contribution is -2.04. The Morgan fingerprint density at radius 1 is 1.19 bits per heavy atom. The molecule has 0 heterocycles. The molecular formula is C13H12N2O4S2. The van der Waals surface area contributed by atoms with Gasteiger partial charge in [-0.1, -0.05) is 30.0 Å². The lowest BCUT2D eigenvalue weighted by molar-refractivity contribution is 0.0697. The number of carboxylic acids is 1. The monoisotopic (exact) mass is 324 g/mol. The maximum absolute atomic E-state index is 11.0. The first-order valence-electron chi connectivity index (χ1n) is 5.78. The van der Waals surface area contributed by atoms with Crippen LogP contribution in [-0.2, 0) is 10.9 Å². The first-order valence-corrected chi connectivity index (χ1v) is 7.77. The van der Waals surface area contributed by atoms with E-state index in [9.17, 15) is 13.2 Å². The number of rotatable bonds is 5. The van der Waals surface area contributed by atoms with Gasteiger partial charge in [0.1, 0.15) is 0 Å². The van der Waals surface area contributed by atoms with Gasteiger partial charge in [0.25, 0.3) is 0 Å². The number of benzene rings is 2. The van der Waals surface area contributed by atoms with Gasteiger partial charge >= 0.3 is 5.97 Å². The molecule has 0 unspecified atom stereocenters. The van der Waals surface area contributed by atoms with Crippen molar-refractivity contribution in [1.82, 2.24) is 0 Å². The molecule has 0 aliphatic heterocycles. The van der Waals surface area contributed by atoms with E-state index in [0.29, 0.717) is 4.90 Å². The second-order valence-electron chi connectivity index (χ2n) is 4.03. The third-order valence-corrected chi connectivity index (χ3v) is 4.13. The molecule has 0 radical (unpaired) electrons. The third-order valence-electron chi connectivity index (χ3n) is 2.54. The Hall–Kier alpha value is -2.19. The summed E-state index contributed by atoms with van der Waals surface area (Å²) >= 11 is 1.26. The van der Waals surface area contributed by atoms with Crippen LogP contribution >= 0.6 is 11.8 Å². The number of carbonyl (C=O) groups is 1. The van der Waals surface area contributed by atoms with Crippen LogP contribution in [0.4, 0.5) is 11.4 Å². The minimum atomic E-state index is -2.92. The van der Waals surface area contributed by atoms with E-state index < -0.39 is 16.9 Å². The number of carboxylic acid groups (broad SMARTS) is 1. The number of thiol groups is 1. The number of anilines is 2. The largest absolute Gasteiger partial charge is 0.478 e. The number of hydrogen-bond donors (Lipinski definition) is 4. The van der Waals surface area contributed by atoms with Gasteiger partial charge in [-0.15, -0.1) is 0 Å². The molecule has 0 spiro atoms. The summed E-state index contributed by atoms with van der Waals surface area (Å²) in [4.78, 5) is 12.3. The van der Waals surface area contributed by atoms with Crippen molar-refractivity contribution < 1.29 is 18.3 Å². The van der Waals surface area contributed by atoms with E-state index in [4.69, 9.17) is 10.8 Å². The molecule has 2 aromatic rings. The molecule has 2 rings (SSSR count). The Balaban J connectivity index is 2.49. The Bertz CT molecular complexity index is 737. The van der Waals surface area contributed by atoms with Crippen molar-refractivity contribution in [2.24, 2.45) is 0 Å². The zero-order valence-corrected chi connectivity index (χ0v) is 12.4. The van der Waals surface area contributed by atoms with Gasteiger partial charge in [0.05, 0.1) is 16.1 Å². The summed E-state index contributed by atoms with van der Waals surface area (Å²) in [5.41, 5.74) is 6.13. The molecule has 0 bridgehead atoms. The van der Waals surface area contributed by atoms with Crippen LogP contribution < -0.4 is 10.5 Å². The number of hydrogen-bond acceptors (Lipinski definition) is 5. The Morgan fingerprint density at radius 3 is 2.43 bits per heavy atom. The molecule has 0 aliphatic rings. The second-order valence-corrected chi connectivity index (χ2v) is 5.85.